The summed E-state index contributed by atoms with van der Waals surface area (Å²) in [5.41, 5.74) is 2.44. The zero-order valence-corrected chi connectivity index (χ0v) is 21.3. The number of hydrogen-bond acceptors (Lipinski definition) is 4. The van der Waals surface area contributed by atoms with Crippen molar-refractivity contribution < 1.29 is 14.4 Å². The number of aryl methyl sites for hydroxylation is 1. The standard InChI is InChI=1S/C27H29ClN6O3/c1-18-29-16-23-17-33(27(37)34(18)23)22-11-13-32(14-12-22)25(35)24(15-19-5-3-2-4-6-19)31-26(36)30-21-9-7-20(28)8-10-21/h2-10,16,22,24H,11-15,17H2,1H3,(H2,30,31,36)/t24-/m1/s1. The number of benzene rings is 2. The number of urea groups is 1. The van der Waals surface area contributed by atoms with E-state index >= 15 is 0 Å². The fraction of sp³-hybridized carbons (Fsp3) is 0.333. The van der Waals surface area contributed by atoms with Gasteiger partial charge >= 0.3 is 12.1 Å². The minimum absolute atomic E-state index is 0.0442. The Kier molecular flexibility index (Phi) is 7.14. The number of anilines is 1. The van der Waals surface area contributed by atoms with E-state index in [1.807, 2.05) is 42.2 Å². The number of hydrogen-bond donors (Lipinski definition) is 2. The van der Waals surface area contributed by atoms with Gasteiger partial charge in [-0.2, -0.15) is 0 Å². The number of rotatable bonds is 6. The Balaban J connectivity index is 1.23. The quantitative estimate of drug-likeness (QED) is 0.512. The Hall–Kier alpha value is -3.85. The first-order valence-electron chi connectivity index (χ1n) is 12.4. The van der Waals surface area contributed by atoms with Crippen molar-refractivity contribution in [1.82, 2.24) is 24.7 Å². The van der Waals surface area contributed by atoms with Gasteiger partial charge in [-0.25, -0.2) is 14.6 Å². The van der Waals surface area contributed by atoms with E-state index in [9.17, 15) is 14.4 Å². The molecule has 1 fully saturated rings. The minimum Gasteiger partial charge on any atom is -0.341 e. The molecule has 10 heteroatoms. The predicted octanol–water partition coefficient (Wildman–Crippen LogP) is 4.05. The van der Waals surface area contributed by atoms with Gasteiger partial charge in [0.15, 0.2) is 0 Å². The maximum Gasteiger partial charge on any atom is 0.330 e. The van der Waals surface area contributed by atoms with Crippen LogP contribution in [0.25, 0.3) is 0 Å². The first kappa shape index (κ1) is 24.8. The number of halogens is 1. The molecule has 3 aromatic rings. The van der Waals surface area contributed by atoms with Gasteiger partial charge in [0, 0.05) is 36.3 Å². The summed E-state index contributed by atoms with van der Waals surface area (Å²) in [6.07, 6.45) is 3.49. The number of imidazole rings is 1. The van der Waals surface area contributed by atoms with Crippen LogP contribution in [-0.2, 0) is 17.8 Å². The van der Waals surface area contributed by atoms with Crippen molar-refractivity contribution in [3.8, 4) is 0 Å². The first-order valence-corrected chi connectivity index (χ1v) is 12.8. The van der Waals surface area contributed by atoms with Crippen molar-refractivity contribution in [2.45, 2.75) is 44.8 Å². The molecule has 37 heavy (non-hydrogen) atoms. The third-order valence-corrected chi connectivity index (χ3v) is 7.24. The lowest BCUT2D eigenvalue weighted by molar-refractivity contribution is -0.134. The van der Waals surface area contributed by atoms with Crippen LogP contribution in [0, 0.1) is 6.92 Å². The molecule has 2 aromatic carbocycles. The van der Waals surface area contributed by atoms with E-state index in [0.717, 1.165) is 11.3 Å². The summed E-state index contributed by atoms with van der Waals surface area (Å²) in [7, 11) is 0. The van der Waals surface area contributed by atoms with Crippen molar-refractivity contribution in [1.29, 1.82) is 0 Å². The van der Waals surface area contributed by atoms with E-state index in [0.29, 0.717) is 55.4 Å². The van der Waals surface area contributed by atoms with Gasteiger partial charge in [-0.1, -0.05) is 41.9 Å². The Morgan fingerprint density at radius 2 is 1.78 bits per heavy atom. The highest BCUT2D eigenvalue weighted by Gasteiger charge is 2.37. The molecule has 2 aliphatic rings. The van der Waals surface area contributed by atoms with E-state index in [1.165, 1.54) is 0 Å². The Bertz CT molecular complexity index is 1290. The van der Waals surface area contributed by atoms with Gasteiger partial charge in [-0.3, -0.25) is 9.36 Å². The Morgan fingerprint density at radius 3 is 2.46 bits per heavy atom. The largest absolute Gasteiger partial charge is 0.341 e. The molecule has 1 saturated heterocycles. The molecule has 0 bridgehead atoms. The SMILES string of the molecule is Cc1ncc2n1C(=O)N(C1CCN(C(=O)[C@@H](Cc3ccccc3)NC(=O)Nc3ccc(Cl)cc3)CC1)C2. The summed E-state index contributed by atoms with van der Waals surface area (Å²) < 4.78 is 1.66. The van der Waals surface area contributed by atoms with Gasteiger partial charge in [0.25, 0.3) is 0 Å². The van der Waals surface area contributed by atoms with Crippen LogP contribution in [0.15, 0.2) is 60.8 Å². The van der Waals surface area contributed by atoms with Crippen LogP contribution in [0.1, 0.15) is 29.9 Å². The molecule has 4 amide bonds. The number of likely N-dealkylation sites (tertiary alicyclic amines) is 1. The smallest absolute Gasteiger partial charge is 0.330 e. The summed E-state index contributed by atoms with van der Waals surface area (Å²) in [6.45, 7) is 3.41. The van der Waals surface area contributed by atoms with Crippen LogP contribution in [-0.4, -0.2) is 62.5 Å². The second-order valence-electron chi connectivity index (χ2n) is 9.45. The molecule has 0 saturated carbocycles. The lowest BCUT2D eigenvalue weighted by atomic mass is 10.0. The van der Waals surface area contributed by atoms with Crippen LogP contribution in [0.3, 0.4) is 0 Å². The number of aromatic nitrogens is 2. The molecule has 9 nitrogen and oxygen atoms in total. The molecule has 0 aliphatic carbocycles. The third kappa shape index (κ3) is 5.46. The summed E-state index contributed by atoms with van der Waals surface area (Å²) in [4.78, 5) is 47.2. The second-order valence-corrected chi connectivity index (χ2v) is 9.88. The maximum absolute atomic E-state index is 13.6. The number of carbonyl (C=O) groups is 3. The summed E-state index contributed by atoms with van der Waals surface area (Å²) in [6, 6.07) is 15.2. The van der Waals surface area contributed by atoms with Gasteiger partial charge in [-0.15, -0.1) is 0 Å². The van der Waals surface area contributed by atoms with Crippen LogP contribution >= 0.6 is 11.6 Å². The summed E-state index contributed by atoms with van der Waals surface area (Å²) >= 11 is 5.93. The minimum atomic E-state index is -0.728. The number of fused-ring (bicyclic) bond motifs is 1. The first-order chi connectivity index (χ1) is 17.9. The van der Waals surface area contributed by atoms with Crippen molar-refractivity contribution in [2.24, 2.45) is 0 Å². The van der Waals surface area contributed by atoms with Crippen molar-refractivity contribution in [3.63, 3.8) is 0 Å². The van der Waals surface area contributed by atoms with Crippen LogP contribution in [0.5, 0.6) is 0 Å². The fourth-order valence-corrected chi connectivity index (χ4v) is 5.17. The number of carbonyl (C=O) groups excluding carboxylic acids is 3. The molecule has 0 spiro atoms. The Morgan fingerprint density at radius 1 is 1.08 bits per heavy atom. The van der Waals surface area contributed by atoms with Crippen LogP contribution in [0.4, 0.5) is 15.3 Å². The normalized spacial score (nSPS) is 16.4. The predicted molar refractivity (Wildman–Crippen MR) is 140 cm³/mol. The molecule has 1 atom stereocenters. The average Bonchev–Trinajstić information content (AvgIpc) is 3.44. The molecular formula is C27H29ClN6O3. The van der Waals surface area contributed by atoms with Gasteiger partial charge in [0.2, 0.25) is 5.91 Å². The van der Waals surface area contributed by atoms with E-state index in [1.54, 1.807) is 39.9 Å². The highest BCUT2D eigenvalue weighted by atomic mass is 35.5. The highest BCUT2D eigenvalue weighted by molar-refractivity contribution is 6.30. The average molecular weight is 521 g/mol. The number of amides is 4. The Labute approximate surface area is 220 Å². The molecule has 192 valence electrons. The van der Waals surface area contributed by atoms with Crippen LogP contribution in [0.2, 0.25) is 5.02 Å². The molecular weight excluding hydrogens is 492 g/mol. The third-order valence-electron chi connectivity index (χ3n) is 6.99. The number of nitrogens with one attached hydrogen (secondary N) is 2. The second kappa shape index (κ2) is 10.6. The molecule has 5 rings (SSSR count). The molecule has 3 heterocycles. The van der Waals surface area contributed by atoms with Gasteiger partial charge in [0.05, 0.1) is 18.4 Å². The van der Waals surface area contributed by atoms with E-state index in [4.69, 9.17) is 11.6 Å². The van der Waals surface area contributed by atoms with Crippen LogP contribution < -0.4 is 10.6 Å². The molecule has 1 aromatic heterocycles. The number of nitrogens with zero attached hydrogens (tertiary/aromatic N) is 4. The lowest BCUT2D eigenvalue weighted by Crippen LogP contribution is -2.54. The van der Waals surface area contributed by atoms with E-state index < -0.39 is 12.1 Å². The van der Waals surface area contributed by atoms with Gasteiger partial charge < -0.3 is 20.4 Å². The lowest BCUT2D eigenvalue weighted by Gasteiger charge is -2.37. The molecule has 2 aliphatic heterocycles. The maximum atomic E-state index is 13.6. The van der Waals surface area contributed by atoms with Crippen molar-refractivity contribution in [2.75, 3.05) is 18.4 Å². The monoisotopic (exact) mass is 520 g/mol. The van der Waals surface area contributed by atoms with Crippen molar-refractivity contribution >= 4 is 35.3 Å². The molecule has 0 radical (unpaired) electrons. The van der Waals surface area contributed by atoms with E-state index in [2.05, 4.69) is 15.6 Å². The van der Waals surface area contributed by atoms with E-state index in [-0.39, 0.29) is 18.0 Å². The summed E-state index contributed by atoms with van der Waals surface area (Å²) in [5.74, 6) is 0.564. The summed E-state index contributed by atoms with van der Waals surface area (Å²) in [5, 5.41) is 6.21. The zero-order chi connectivity index (χ0) is 25.9. The number of piperidine rings is 1. The zero-order valence-electron chi connectivity index (χ0n) is 20.6. The highest BCUT2D eigenvalue weighted by Crippen LogP contribution is 2.26. The van der Waals surface area contributed by atoms with Crippen molar-refractivity contribution in [3.05, 3.63) is 82.9 Å². The fourth-order valence-electron chi connectivity index (χ4n) is 5.05. The van der Waals surface area contributed by atoms with Gasteiger partial charge in [0.1, 0.15) is 11.9 Å². The van der Waals surface area contributed by atoms with Gasteiger partial charge in [-0.05, 0) is 49.6 Å². The molecule has 2 N–H and O–H groups in total. The molecule has 0 unspecified atom stereocenters. The topological polar surface area (TPSA) is 99.6 Å².